The number of carbonyl (C=O) groups excluding carboxylic acids is 2. The molecule has 1 unspecified atom stereocenters. The minimum atomic E-state index is -0.729. The molecule has 1 fully saturated rings. The number of amides is 2. The molecular weight excluding hydrogens is 380 g/mol. The van der Waals surface area contributed by atoms with Gasteiger partial charge < -0.3 is 15.4 Å². The average molecular weight is 406 g/mol. The number of nitrogens with zero attached hydrogens (tertiary/aromatic N) is 2. The Bertz CT molecular complexity index is 1000. The maximum Gasteiger partial charge on any atom is 0.268 e. The van der Waals surface area contributed by atoms with Crippen LogP contribution < -0.4 is 15.4 Å². The minimum Gasteiger partial charge on any atom is -0.459 e. The standard InChI is InChI=1S/C23H26N4O3/c1-15(6-10-27-11-7-16-4-2-3-5-17(16)14-27)25-20(28)18-12-19-21(24-13-18)30-23(8-9-23)22(29)26-19/h2-5,12-13,15H,6-11,14H2,1H3,(H,25,28)(H,26,29). The number of carbonyl (C=O) groups is 2. The molecule has 1 aromatic carbocycles. The molecular formula is C23H26N4O3. The summed E-state index contributed by atoms with van der Waals surface area (Å²) in [6.07, 6.45) is 4.88. The third-order valence-corrected chi connectivity index (χ3v) is 6.24. The first-order chi connectivity index (χ1) is 14.5. The highest BCUT2D eigenvalue weighted by atomic mass is 16.5. The topological polar surface area (TPSA) is 83.6 Å². The van der Waals surface area contributed by atoms with Gasteiger partial charge in [0.05, 0.1) is 5.56 Å². The van der Waals surface area contributed by atoms with Gasteiger partial charge in [-0.25, -0.2) is 4.98 Å². The van der Waals surface area contributed by atoms with E-state index in [0.29, 0.717) is 30.0 Å². The van der Waals surface area contributed by atoms with E-state index in [2.05, 4.69) is 44.8 Å². The van der Waals surface area contributed by atoms with Crippen molar-refractivity contribution in [1.29, 1.82) is 0 Å². The normalized spacial score (nSPS) is 19.8. The highest BCUT2D eigenvalue weighted by molar-refractivity contribution is 6.03. The van der Waals surface area contributed by atoms with E-state index in [-0.39, 0.29) is 17.9 Å². The van der Waals surface area contributed by atoms with Crippen molar-refractivity contribution >= 4 is 17.5 Å². The van der Waals surface area contributed by atoms with Crippen LogP contribution in [-0.2, 0) is 17.8 Å². The van der Waals surface area contributed by atoms with Crippen molar-refractivity contribution in [2.24, 2.45) is 0 Å². The Balaban J connectivity index is 1.15. The van der Waals surface area contributed by atoms with Crippen molar-refractivity contribution in [2.75, 3.05) is 18.4 Å². The summed E-state index contributed by atoms with van der Waals surface area (Å²) in [5.41, 5.74) is 3.00. The average Bonchev–Trinajstić information content (AvgIpc) is 3.53. The Labute approximate surface area is 175 Å². The number of aromatic nitrogens is 1. The second-order valence-electron chi connectivity index (χ2n) is 8.59. The molecule has 2 amide bonds. The van der Waals surface area contributed by atoms with Gasteiger partial charge in [-0.1, -0.05) is 24.3 Å². The maximum absolute atomic E-state index is 12.7. The fourth-order valence-electron chi connectivity index (χ4n) is 4.16. The molecule has 30 heavy (non-hydrogen) atoms. The fourth-order valence-corrected chi connectivity index (χ4v) is 4.16. The van der Waals surface area contributed by atoms with Gasteiger partial charge in [-0.05, 0) is 37.0 Å². The molecule has 1 spiro atoms. The van der Waals surface area contributed by atoms with E-state index >= 15 is 0 Å². The number of ether oxygens (including phenoxy) is 1. The van der Waals surface area contributed by atoms with Crippen LogP contribution in [0.15, 0.2) is 36.5 Å². The summed E-state index contributed by atoms with van der Waals surface area (Å²) in [5, 5.41) is 5.87. The maximum atomic E-state index is 12.7. The number of fused-ring (bicyclic) bond motifs is 2. The van der Waals surface area contributed by atoms with Crippen LogP contribution in [0.25, 0.3) is 0 Å². The molecule has 1 atom stereocenters. The first kappa shape index (κ1) is 19.1. The van der Waals surface area contributed by atoms with E-state index in [0.717, 1.165) is 32.5 Å². The summed E-state index contributed by atoms with van der Waals surface area (Å²) < 4.78 is 5.73. The Morgan fingerprint density at radius 2 is 2.13 bits per heavy atom. The third kappa shape index (κ3) is 3.65. The van der Waals surface area contributed by atoms with E-state index in [1.54, 1.807) is 6.07 Å². The Hall–Kier alpha value is -2.93. The van der Waals surface area contributed by atoms with E-state index in [4.69, 9.17) is 4.74 Å². The van der Waals surface area contributed by atoms with Gasteiger partial charge in [-0.2, -0.15) is 0 Å². The van der Waals surface area contributed by atoms with Gasteiger partial charge in [0.1, 0.15) is 5.69 Å². The summed E-state index contributed by atoms with van der Waals surface area (Å²) >= 11 is 0. The van der Waals surface area contributed by atoms with E-state index in [9.17, 15) is 9.59 Å². The van der Waals surface area contributed by atoms with E-state index < -0.39 is 5.60 Å². The molecule has 2 N–H and O–H groups in total. The molecule has 3 aliphatic rings. The lowest BCUT2D eigenvalue weighted by Crippen LogP contribution is -2.40. The lowest BCUT2D eigenvalue weighted by Gasteiger charge is -2.29. The molecule has 0 bridgehead atoms. The van der Waals surface area contributed by atoms with Crippen LogP contribution in [0.5, 0.6) is 5.88 Å². The van der Waals surface area contributed by atoms with Crippen molar-refractivity contribution < 1.29 is 14.3 Å². The van der Waals surface area contributed by atoms with Crippen LogP contribution in [0.2, 0.25) is 0 Å². The third-order valence-electron chi connectivity index (χ3n) is 6.24. The molecule has 1 saturated carbocycles. The minimum absolute atomic E-state index is 0.0336. The monoisotopic (exact) mass is 406 g/mol. The lowest BCUT2D eigenvalue weighted by atomic mass is 9.99. The predicted octanol–water partition coefficient (Wildman–Crippen LogP) is 2.51. The quantitative estimate of drug-likeness (QED) is 0.797. The van der Waals surface area contributed by atoms with Gasteiger partial charge in [-0.15, -0.1) is 0 Å². The molecule has 7 heteroatoms. The second-order valence-corrected chi connectivity index (χ2v) is 8.59. The molecule has 156 valence electrons. The van der Waals surface area contributed by atoms with Crippen LogP contribution in [0.4, 0.5) is 5.69 Å². The number of rotatable bonds is 5. The summed E-state index contributed by atoms with van der Waals surface area (Å²) in [7, 11) is 0. The molecule has 3 heterocycles. The molecule has 0 saturated heterocycles. The summed E-state index contributed by atoms with van der Waals surface area (Å²) in [6, 6.07) is 10.3. The smallest absolute Gasteiger partial charge is 0.268 e. The van der Waals surface area contributed by atoms with Crippen LogP contribution in [0, 0.1) is 0 Å². The van der Waals surface area contributed by atoms with Gasteiger partial charge in [0.15, 0.2) is 5.60 Å². The predicted molar refractivity (Wildman–Crippen MR) is 112 cm³/mol. The number of pyridine rings is 1. The first-order valence-corrected chi connectivity index (χ1v) is 10.6. The molecule has 2 aromatic rings. The summed E-state index contributed by atoms with van der Waals surface area (Å²) in [4.78, 5) is 31.5. The Morgan fingerprint density at radius 3 is 2.93 bits per heavy atom. The highest BCUT2D eigenvalue weighted by Gasteiger charge is 2.55. The SMILES string of the molecule is CC(CCN1CCc2ccccc2C1)NC(=O)c1cnc2c(c1)NC(=O)C1(CC1)O2. The molecule has 1 aromatic heterocycles. The Kier molecular flexibility index (Phi) is 4.70. The van der Waals surface area contributed by atoms with Gasteiger partial charge in [0.25, 0.3) is 11.8 Å². The van der Waals surface area contributed by atoms with Crippen molar-refractivity contribution in [3.8, 4) is 5.88 Å². The largest absolute Gasteiger partial charge is 0.459 e. The van der Waals surface area contributed by atoms with Crippen LogP contribution >= 0.6 is 0 Å². The zero-order valence-corrected chi connectivity index (χ0v) is 17.1. The van der Waals surface area contributed by atoms with E-state index in [1.165, 1.54) is 17.3 Å². The van der Waals surface area contributed by atoms with Gasteiger partial charge in [0, 0.05) is 44.7 Å². The number of hydrogen-bond donors (Lipinski definition) is 2. The lowest BCUT2D eigenvalue weighted by molar-refractivity contribution is -0.125. The number of benzene rings is 1. The van der Waals surface area contributed by atoms with Crippen LogP contribution in [0.1, 0.15) is 47.7 Å². The van der Waals surface area contributed by atoms with Crippen molar-refractivity contribution in [2.45, 2.75) is 50.8 Å². The number of anilines is 1. The van der Waals surface area contributed by atoms with Crippen LogP contribution in [0.3, 0.4) is 0 Å². The van der Waals surface area contributed by atoms with Crippen LogP contribution in [-0.4, -0.2) is 46.4 Å². The first-order valence-electron chi connectivity index (χ1n) is 10.6. The molecule has 5 rings (SSSR count). The molecule has 7 nitrogen and oxygen atoms in total. The second kappa shape index (κ2) is 7.40. The van der Waals surface area contributed by atoms with Gasteiger partial charge >= 0.3 is 0 Å². The number of hydrogen-bond acceptors (Lipinski definition) is 5. The summed E-state index contributed by atoms with van der Waals surface area (Å²) in [6.45, 7) is 4.97. The number of nitrogens with one attached hydrogen (secondary N) is 2. The van der Waals surface area contributed by atoms with Gasteiger partial charge in [0.2, 0.25) is 5.88 Å². The Morgan fingerprint density at radius 1 is 1.33 bits per heavy atom. The van der Waals surface area contributed by atoms with Gasteiger partial charge in [-0.3, -0.25) is 14.5 Å². The summed E-state index contributed by atoms with van der Waals surface area (Å²) in [5.74, 6) is 0.0515. The molecule has 1 aliphatic carbocycles. The molecule has 0 radical (unpaired) electrons. The van der Waals surface area contributed by atoms with Crippen molar-refractivity contribution in [3.63, 3.8) is 0 Å². The van der Waals surface area contributed by atoms with E-state index in [1.807, 2.05) is 6.92 Å². The zero-order valence-electron chi connectivity index (χ0n) is 17.1. The fraction of sp³-hybridized carbons (Fsp3) is 0.435. The highest BCUT2D eigenvalue weighted by Crippen LogP contribution is 2.45. The molecule has 2 aliphatic heterocycles. The zero-order chi connectivity index (χ0) is 20.7. The van der Waals surface area contributed by atoms with Crippen molar-refractivity contribution in [1.82, 2.24) is 15.2 Å². The van der Waals surface area contributed by atoms with Crippen molar-refractivity contribution in [3.05, 3.63) is 53.2 Å².